The Bertz CT molecular complexity index is 796. The maximum absolute atomic E-state index is 12.6. The number of aromatic nitrogens is 1. The number of ether oxygens (including phenoxy) is 1. The molecule has 0 radical (unpaired) electrons. The second-order valence-electron chi connectivity index (χ2n) is 4.17. The first-order valence-electron chi connectivity index (χ1n) is 5.72. The third-order valence-corrected chi connectivity index (χ3v) is 4.70. The van der Waals surface area contributed by atoms with E-state index in [0.29, 0.717) is 27.2 Å². The highest BCUT2D eigenvalue weighted by atomic mass is 35.5. The van der Waals surface area contributed by atoms with Gasteiger partial charge in [-0.1, -0.05) is 11.6 Å². The van der Waals surface area contributed by atoms with Gasteiger partial charge in [0.25, 0.3) is 5.69 Å². The van der Waals surface area contributed by atoms with Crippen molar-refractivity contribution in [2.45, 2.75) is 9.79 Å². The molecule has 0 amide bonds. The number of nitro groups is 1. The van der Waals surface area contributed by atoms with E-state index in [4.69, 9.17) is 16.3 Å². The van der Waals surface area contributed by atoms with Crippen LogP contribution in [0, 0.1) is 10.1 Å². The fraction of sp³-hybridized carbons (Fsp3) is 0.0833. The average molecular weight is 326 g/mol. The highest BCUT2D eigenvalue weighted by Crippen LogP contribution is 2.41. The second-order valence-corrected chi connectivity index (χ2v) is 6.00. The van der Waals surface area contributed by atoms with Gasteiger partial charge in [-0.15, -0.1) is 0 Å². The molecule has 0 fully saturated rings. The Morgan fingerprint density at radius 2 is 2.14 bits per heavy atom. The largest absolute Gasteiger partial charge is 0.495 e. The van der Waals surface area contributed by atoms with Gasteiger partial charge in [-0.3, -0.25) is 10.1 Å². The van der Waals surface area contributed by atoms with Gasteiger partial charge in [0, 0.05) is 12.1 Å². The minimum absolute atomic E-state index is 0.215. The molecule has 2 heterocycles. The molecular formula is C12H8ClN3O4S. The summed E-state index contributed by atoms with van der Waals surface area (Å²) in [7, 11) is -0.154. The summed E-state index contributed by atoms with van der Waals surface area (Å²) < 4.78 is 17.7. The van der Waals surface area contributed by atoms with Crippen molar-refractivity contribution in [1.82, 2.24) is 4.98 Å². The normalized spacial score (nSPS) is 15.6. The van der Waals surface area contributed by atoms with Crippen LogP contribution in [-0.4, -0.2) is 21.2 Å². The number of anilines is 2. The second kappa shape index (κ2) is 4.97. The van der Waals surface area contributed by atoms with E-state index >= 15 is 0 Å². The number of halogens is 1. The van der Waals surface area contributed by atoms with Gasteiger partial charge in [0.2, 0.25) is 0 Å². The third-order valence-electron chi connectivity index (χ3n) is 2.96. The minimum Gasteiger partial charge on any atom is -0.495 e. The summed E-state index contributed by atoms with van der Waals surface area (Å²) in [6.45, 7) is 0. The summed E-state index contributed by atoms with van der Waals surface area (Å²) in [5.41, 5.74) is 0.321. The van der Waals surface area contributed by atoms with Crippen LogP contribution < -0.4 is 10.1 Å². The fourth-order valence-corrected chi connectivity index (χ4v) is 3.47. The molecule has 1 unspecified atom stereocenters. The molecule has 0 bridgehead atoms. The van der Waals surface area contributed by atoms with Crippen LogP contribution in [0.15, 0.2) is 34.2 Å². The van der Waals surface area contributed by atoms with Crippen molar-refractivity contribution in [3.63, 3.8) is 0 Å². The Balaban J connectivity index is 2.15. The monoisotopic (exact) mass is 325 g/mol. The van der Waals surface area contributed by atoms with E-state index in [0.717, 1.165) is 6.20 Å². The molecule has 9 heteroatoms. The average Bonchev–Trinajstić information content (AvgIpc) is 2.46. The van der Waals surface area contributed by atoms with Crippen LogP contribution in [0.1, 0.15) is 0 Å². The molecule has 0 saturated carbocycles. The lowest BCUT2D eigenvalue weighted by atomic mass is 10.3. The lowest BCUT2D eigenvalue weighted by Gasteiger charge is -2.20. The summed E-state index contributed by atoms with van der Waals surface area (Å²) in [5, 5.41) is 14.1. The molecule has 1 aliphatic rings. The van der Waals surface area contributed by atoms with Crippen LogP contribution in [0.3, 0.4) is 0 Å². The van der Waals surface area contributed by atoms with Gasteiger partial charge in [0.1, 0.15) is 17.8 Å². The first-order chi connectivity index (χ1) is 10.0. The molecule has 0 saturated heterocycles. The molecule has 1 aliphatic heterocycles. The molecule has 0 spiro atoms. The van der Waals surface area contributed by atoms with E-state index < -0.39 is 15.7 Å². The van der Waals surface area contributed by atoms with E-state index in [-0.39, 0.29) is 10.6 Å². The number of nitrogens with one attached hydrogen (secondary N) is 1. The Morgan fingerprint density at radius 3 is 2.81 bits per heavy atom. The Morgan fingerprint density at radius 1 is 1.38 bits per heavy atom. The van der Waals surface area contributed by atoms with Crippen LogP contribution in [-0.2, 0) is 10.8 Å². The van der Waals surface area contributed by atoms with Crippen molar-refractivity contribution < 1.29 is 13.9 Å². The van der Waals surface area contributed by atoms with E-state index in [1.807, 2.05) is 0 Å². The smallest absolute Gasteiger partial charge is 0.288 e. The predicted octanol–water partition coefficient (Wildman–Crippen LogP) is 2.88. The van der Waals surface area contributed by atoms with Crippen molar-refractivity contribution in [2.75, 3.05) is 12.4 Å². The van der Waals surface area contributed by atoms with E-state index in [9.17, 15) is 14.3 Å². The van der Waals surface area contributed by atoms with Crippen molar-refractivity contribution in [1.29, 1.82) is 0 Å². The van der Waals surface area contributed by atoms with Gasteiger partial charge < -0.3 is 10.1 Å². The van der Waals surface area contributed by atoms with Gasteiger partial charge in [0.15, 0.2) is 0 Å². The number of benzene rings is 1. The molecule has 108 valence electrons. The lowest BCUT2D eigenvalue weighted by molar-refractivity contribution is -0.385. The van der Waals surface area contributed by atoms with Gasteiger partial charge in [-0.05, 0) is 6.07 Å². The number of methoxy groups -OCH3 is 1. The Labute approximate surface area is 126 Å². The van der Waals surface area contributed by atoms with E-state index in [2.05, 4.69) is 10.3 Å². The van der Waals surface area contributed by atoms with Crippen molar-refractivity contribution in [2.24, 2.45) is 0 Å². The predicted molar refractivity (Wildman–Crippen MR) is 76.9 cm³/mol. The molecule has 0 aliphatic carbocycles. The summed E-state index contributed by atoms with van der Waals surface area (Å²) in [5.74, 6) is 0.695. The lowest BCUT2D eigenvalue weighted by Crippen LogP contribution is -2.11. The molecule has 3 rings (SSSR count). The number of rotatable bonds is 2. The van der Waals surface area contributed by atoms with Crippen LogP contribution in [0.25, 0.3) is 0 Å². The number of fused-ring (bicyclic) bond motifs is 2. The van der Waals surface area contributed by atoms with Gasteiger partial charge in [0.05, 0.1) is 43.3 Å². The van der Waals surface area contributed by atoms with Gasteiger partial charge in [-0.2, -0.15) is 0 Å². The maximum Gasteiger partial charge on any atom is 0.288 e. The molecular weight excluding hydrogens is 318 g/mol. The van der Waals surface area contributed by atoms with Crippen LogP contribution in [0.5, 0.6) is 5.75 Å². The summed E-state index contributed by atoms with van der Waals surface area (Å²) in [6, 6.07) is 4.37. The number of hydrogen-bond donors (Lipinski definition) is 1. The summed E-state index contributed by atoms with van der Waals surface area (Å²) in [4.78, 5) is 14.8. The zero-order valence-electron chi connectivity index (χ0n) is 10.6. The molecule has 1 N–H and O–H groups in total. The van der Waals surface area contributed by atoms with Crippen LogP contribution >= 0.6 is 11.6 Å². The summed E-state index contributed by atoms with van der Waals surface area (Å²) >= 11 is 6.03. The number of nitrogens with zero attached hydrogens (tertiary/aromatic N) is 2. The van der Waals surface area contributed by atoms with Gasteiger partial charge >= 0.3 is 0 Å². The molecule has 21 heavy (non-hydrogen) atoms. The third kappa shape index (κ3) is 2.22. The summed E-state index contributed by atoms with van der Waals surface area (Å²) in [6.07, 6.45) is 1.11. The first kappa shape index (κ1) is 13.8. The number of pyridine rings is 1. The topological polar surface area (TPSA) is 94.4 Å². The maximum atomic E-state index is 12.6. The van der Waals surface area contributed by atoms with Crippen molar-refractivity contribution in [3.05, 3.63) is 39.5 Å². The fourth-order valence-electron chi connectivity index (χ4n) is 1.96. The highest BCUT2D eigenvalue weighted by Gasteiger charge is 2.27. The zero-order chi connectivity index (χ0) is 15.1. The van der Waals surface area contributed by atoms with Crippen molar-refractivity contribution >= 4 is 39.6 Å². The molecule has 7 nitrogen and oxygen atoms in total. The van der Waals surface area contributed by atoms with Crippen LogP contribution in [0.2, 0.25) is 5.02 Å². The van der Waals surface area contributed by atoms with Crippen LogP contribution in [0.4, 0.5) is 17.2 Å². The van der Waals surface area contributed by atoms with Crippen molar-refractivity contribution in [3.8, 4) is 5.75 Å². The number of hydrogen-bond acceptors (Lipinski definition) is 6. The van der Waals surface area contributed by atoms with E-state index in [1.165, 1.54) is 13.2 Å². The molecule has 1 aromatic heterocycles. The first-order valence-corrected chi connectivity index (χ1v) is 7.25. The highest BCUT2D eigenvalue weighted by molar-refractivity contribution is 7.85. The standard InChI is InChI=1S/C12H8ClN3O4S/c1-20-9-4-10-8(3-7(9)13)15-12-11(21(10)19)2-6(5-14-12)16(17)18/h2-5H,1H3,(H,14,15). The minimum atomic E-state index is -1.61. The van der Waals surface area contributed by atoms with E-state index in [1.54, 1.807) is 12.1 Å². The quantitative estimate of drug-likeness (QED) is 0.575. The SMILES string of the molecule is COc1cc2c(cc1Cl)Nc1ncc([N+](=O)[O-])cc1S2=O. The molecule has 2 aromatic rings. The molecule has 1 aromatic carbocycles. The Hall–Kier alpha value is -2.19. The Kier molecular flexibility index (Phi) is 3.26. The molecule has 1 atom stereocenters. The van der Waals surface area contributed by atoms with Gasteiger partial charge in [-0.25, -0.2) is 9.19 Å². The zero-order valence-corrected chi connectivity index (χ0v) is 12.2.